The van der Waals surface area contributed by atoms with Gasteiger partial charge in [-0.15, -0.1) is 0 Å². The van der Waals surface area contributed by atoms with Crippen LogP contribution >= 0.6 is 11.6 Å². The summed E-state index contributed by atoms with van der Waals surface area (Å²) in [4.78, 5) is 37.4. The molecule has 8 heteroatoms. The van der Waals surface area contributed by atoms with E-state index in [9.17, 15) is 14.4 Å². The molecular weight excluding hydrogens is 454 g/mol. The second-order valence-electron chi connectivity index (χ2n) is 7.78. The first-order chi connectivity index (χ1) is 16.3. The molecule has 1 aromatic heterocycles. The van der Waals surface area contributed by atoms with Gasteiger partial charge in [-0.25, -0.2) is 0 Å². The lowest BCUT2D eigenvalue weighted by atomic mass is 10.1. The number of hydrazine groups is 1. The number of ether oxygens (including phenoxy) is 1. The number of carbonyl (C=O) groups is 2. The van der Waals surface area contributed by atoms with Crippen molar-refractivity contribution in [2.24, 2.45) is 7.05 Å². The largest absolute Gasteiger partial charge is 0.489 e. The van der Waals surface area contributed by atoms with Gasteiger partial charge in [-0.2, -0.15) is 0 Å². The van der Waals surface area contributed by atoms with Crippen molar-refractivity contribution in [2.75, 3.05) is 0 Å². The van der Waals surface area contributed by atoms with Gasteiger partial charge in [-0.3, -0.25) is 25.2 Å². The fraction of sp³-hybridized carbons (Fsp3) is 0.115. The van der Waals surface area contributed by atoms with Crippen LogP contribution in [0.4, 0.5) is 0 Å². The zero-order valence-electron chi connectivity index (χ0n) is 18.6. The Morgan fingerprint density at radius 2 is 1.65 bits per heavy atom. The van der Waals surface area contributed by atoms with Crippen molar-refractivity contribution in [1.82, 2.24) is 15.4 Å². The van der Waals surface area contributed by atoms with E-state index in [1.54, 1.807) is 67.7 Å². The molecule has 0 aliphatic carbocycles. The minimum absolute atomic E-state index is 0.184. The topological polar surface area (TPSA) is 89.4 Å². The lowest BCUT2D eigenvalue weighted by molar-refractivity contribution is 0.0847. The Kier molecular flexibility index (Phi) is 6.65. The summed E-state index contributed by atoms with van der Waals surface area (Å²) in [6.07, 6.45) is 0. The summed E-state index contributed by atoms with van der Waals surface area (Å²) in [6, 6.07) is 20.6. The SMILES string of the molecule is Cc1cc(OCc2ccc(C(=O)NNC(=O)c3cc(=O)n(C)c4ccccc34)cc2)ccc1Cl. The van der Waals surface area contributed by atoms with Crippen molar-refractivity contribution >= 4 is 34.3 Å². The third-order valence-electron chi connectivity index (χ3n) is 5.44. The first-order valence-corrected chi connectivity index (χ1v) is 10.9. The fourth-order valence-corrected chi connectivity index (χ4v) is 3.60. The van der Waals surface area contributed by atoms with Crippen LogP contribution in [-0.4, -0.2) is 16.4 Å². The molecule has 2 amide bonds. The number of para-hydroxylation sites is 1. The molecule has 0 saturated carbocycles. The lowest BCUT2D eigenvalue weighted by Crippen LogP contribution is -2.42. The van der Waals surface area contributed by atoms with E-state index in [0.717, 1.165) is 11.1 Å². The Balaban J connectivity index is 1.38. The van der Waals surface area contributed by atoms with E-state index in [4.69, 9.17) is 16.3 Å². The van der Waals surface area contributed by atoms with Gasteiger partial charge in [0.05, 0.1) is 11.1 Å². The molecule has 0 fully saturated rings. The summed E-state index contributed by atoms with van der Waals surface area (Å²) in [5.41, 5.74) is 7.43. The van der Waals surface area contributed by atoms with E-state index < -0.39 is 11.8 Å². The molecule has 172 valence electrons. The Morgan fingerprint density at radius 3 is 2.38 bits per heavy atom. The molecule has 0 atom stereocenters. The van der Waals surface area contributed by atoms with Crippen LogP contribution in [-0.2, 0) is 13.7 Å². The predicted molar refractivity (Wildman–Crippen MR) is 131 cm³/mol. The smallest absolute Gasteiger partial charge is 0.270 e. The van der Waals surface area contributed by atoms with Crippen molar-refractivity contribution < 1.29 is 14.3 Å². The van der Waals surface area contributed by atoms with Gasteiger partial charge in [-0.1, -0.05) is 41.9 Å². The molecule has 4 rings (SSSR count). The number of amides is 2. The third-order valence-corrected chi connectivity index (χ3v) is 5.86. The van der Waals surface area contributed by atoms with Gasteiger partial charge in [0.2, 0.25) is 0 Å². The number of rotatable bonds is 5. The standard InChI is InChI=1S/C26H22ClN3O4/c1-16-13-19(11-12-22(16)27)34-15-17-7-9-18(10-8-17)25(32)28-29-26(33)21-14-24(31)30(2)23-6-4-3-5-20(21)23/h3-14H,15H2,1-2H3,(H,28,32)(H,29,33). The number of nitrogens with zero attached hydrogens (tertiary/aromatic N) is 1. The molecule has 0 spiro atoms. The second-order valence-corrected chi connectivity index (χ2v) is 8.18. The minimum atomic E-state index is -0.578. The maximum atomic E-state index is 12.7. The number of nitrogens with one attached hydrogen (secondary N) is 2. The highest BCUT2D eigenvalue weighted by Crippen LogP contribution is 2.22. The number of benzene rings is 3. The highest BCUT2D eigenvalue weighted by molar-refractivity contribution is 6.31. The van der Waals surface area contributed by atoms with Gasteiger partial charge in [-0.05, 0) is 54.4 Å². The molecule has 0 saturated heterocycles. The number of aryl methyl sites for hydroxylation is 2. The zero-order valence-corrected chi connectivity index (χ0v) is 19.3. The Labute approximate surface area is 200 Å². The third kappa shape index (κ3) is 4.94. The molecule has 34 heavy (non-hydrogen) atoms. The number of fused-ring (bicyclic) bond motifs is 1. The van der Waals surface area contributed by atoms with Crippen LogP contribution in [0.3, 0.4) is 0 Å². The van der Waals surface area contributed by atoms with Gasteiger partial charge in [0.1, 0.15) is 12.4 Å². The molecule has 4 aromatic rings. The normalized spacial score (nSPS) is 10.7. The average Bonchev–Trinajstić information content (AvgIpc) is 2.85. The van der Waals surface area contributed by atoms with Crippen molar-refractivity contribution in [2.45, 2.75) is 13.5 Å². The van der Waals surface area contributed by atoms with Crippen molar-refractivity contribution in [3.63, 3.8) is 0 Å². The molecule has 3 aromatic carbocycles. The number of hydrogen-bond donors (Lipinski definition) is 2. The first-order valence-electron chi connectivity index (χ1n) is 10.5. The summed E-state index contributed by atoms with van der Waals surface area (Å²) >= 11 is 6.03. The van der Waals surface area contributed by atoms with Gasteiger partial charge in [0.15, 0.2) is 0 Å². The minimum Gasteiger partial charge on any atom is -0.489 e. The monoisotopic (exact) mass is 475 g/mol. The highest BCUT2D eigenvalue weighted by atomic mass is 35.5. The van der Waals surface area contributed by atoms with Gasteiger partial charge >= 0.3 is 0 Å². The first kappa shape index (κ1) is 23.1. The van der Waals surface area contributed by atoms with Crippen LogP contribution < -0.4 is 21.1 Å². The molecule has 0 aliphatic heterocycles. The van der Waals surface area contributed by atoms with Gasteiger partial charge < -0.3 is 9.30 Å². The Morgan fingerprint density at radius 1 is 0.941 bits per heavy atom. The Hall–Kier alpha value is -4.10. The molecule has 0 unspecified atom stereocenters. The number of pyridine rings is 1. The molecule has 2 N–H and O–H groups in total. The molecule has 1 heterocycles. The van der Waals surface area contributed by atoms with E-state index >= 15 is 0 Å². The lowest BCUT2D eigenvalue weighted by Gasteiger charge is -2.12. The average molecular weight is 476 g/mol. The van der Waals surface area contributed by atoms with Gasteiger partial charge in [0.25, 0.3) is 17.4 Å². The van der Waals surface area contributed by atoms with E-state index in [2.05, 4.69) is 10.9 Å². The molecule has 7 nitrogen and oxygen atoms in total. The Bertz CT molecular complexity index is 1450. The fourth-order valence-electron chi connectivity index (χ4n) is 3.48. The number of carbonyl (C=O) groups excluding carboxylic acids is 2. The number of hydrogen-bond acceptors (Lipinski definition) is 4. The van der Waals surface area contributed by atoms with Crippen LogP contribution in [0.15, 0.2) is 77.6 Å². The van der Waals surface area contributed by atoms with Crippen LogP contribution in [0, 0.1) is 6.92 Å². The maximum absolute atomic E-state index is 12.7. The number of aromatic nitrogens is 1. The van der Waals surface area contributed by atoms with Crippen molar-refractivity contribution in [1.29, 1.82) is 0 Å². The van der Waals surface area contributed by atoms with Gasteiger partial charge in [0, 0.05) is 29.1 Å². The summed E-state index contributed by atoms with van der Waals surface area (Å²) in [5, 5.41) is 1.29. The molecule has 0 radical (unpaired) electrons. The van der Waals surface area contributed by atoms with Crippen molar-refractivity contribution in [3.05, 3.63) is 110 Å². The van der Waals surface area contributed by atoms with E-state index in [1.165, 1.54) is 10.6 Å². The van der Waals surface area contributed by atoms with Crippen LogP contribution in [0.1, 0.15) is 31.8 Å². The number of halogens is 1. The predicted octanol–water partition coefficient (Wildman–Crippen LogP) is 4.15. The summed E-state index contributed by atoms with van der Waals surface area (Å²) in [6.45, 7) is 2.23. The molecule has 0 aliphatic rings. The highest BCUT2D eigenvalue weighted by Gasteiger charge is 2.14. The van der Waals surface area contributed by atoms with Crippen LogP contribution in [0.2, 0.25) is 5.02 Å². The summed E-state index contributed by atoms with van der Waals surface area (Å²) in [7, 11) is 1.64. The maximum Gasteiger partial charge on any atom is 0.270 e. The molecule has 0 bridgehead atoms. The molecular formula is C26H22ClN3O4. The zero-order chi connectivity index (χ0) is 24.2. The van der Waals surface area contributed by atoms with Crippen LogP contribution in [0.5, 0.6) is 5.75 Å². The quantitative estimate of drug-likeness (QED) is 0.424. The second kappa shape index (κ2) is 9.80. The summed E-state index contributed by atoms with van der Waals surface area (Å²) in [5.74, 6) is -0.359. The van der Waals surface area contributed by atoms with E-state index in [0.29, 0.717) is 33.8 Å². The van der Waals surface area contributed by atoms with Crippen LogP contribution in [0.25, 0.3) is 10.9 Å². The van der Waals surface area contributed by atoms with E-state index in [-0.39, 0.29) is 11.1 Å². The summed E-state index contributed by atoms with van der Waals surface area (Å²) < 4.78 is 7.23. The van der Waals surface area contributed by atoms with Crippen molar-refractivity contribution in [3.8, 4) is 5.75 Å². The van der Waals surface area contributed by atoms with E-state index in [1.807, 2.05) is 13.0 Å².